The lowest BCUT2D eigenvalue weighted by Gasteiger charge is -2.06. The maximum Gasteiger partial charge on any atom is 0.346 e. The van der Waals surface area contributed by atoms with Crippen molar-refractivity contribution in [1.29, 1.82) is 0 Å². The van der Waals surface area contributed by atoms with Crippen molar-refractivity contribution < 1.29 is 23.5 Å². The standard InChI is InChI=1S/C23H15FO4/c1-14-6-8-15(9-7-14)12-21-22(25)18-11-10-16(13-20(18)28-21)27-23(26)17-4-2-3-5-19(17)24/h2-13H,1H3. The van der Waals surface area contributed by atoms with E-state index in [1.807, 2.05) is 31.2 Å². The summed E-state index contributed by atoms with van der Waals surface area (Å²) < 4.78 is 24.6. The lowest BCUT2D eigenvalue weighted by atomic mass is 10.1. The zero-order chi connectivity index (χ0) is 19.7. The molecule has 0 saturated heterocycles. The molecule has 0 N–H and O–H groups in total. The summed E-state index contributed by atoms with van der Waals surface area (Å²) in [6, 6.07) is 17.7. The molecular formula is C23H15FO4. The Balaban J connectivity index is 1.56. The van der Waals surface area contributed by atoms with Crippen molar-refractivity contribution in [2.75, 3.05) is 0 Å². The van der Waals surface area contributed by atoms with Crippen LogP contribution in [0.2, 0.25) is 0 Å². The predicted molar refractivity (Wildman–Crippen MR) is 102 cm³/mol. The van der Waals surface area contributed by atoms with Crippen LogP contribution in [0.15, 0.2) is 72.5 Å². The number of ether oxygens (including phenoxy) is 2. The van der Waals surface area contributed by atoms with Crippen molar-refractivity contribution in [2.24, 2.45) is 0 Å². The van der Waals surface area contributed by atoms with Gasteiger partial charge >= 0.3 is 5.97 Å². The maximum atomic E-state index is 13.7. The van der Waals surface area contributed by atoms with Gasteiger partial charge in [-0.05, 0) is 42.8 Å². The van der Waals surface area contributed by atoms with Crippen molar-refractivity contribution in [1.82, 2.24) is 0 Å². The molecule has 1 aliphatic heterocycles. The summed E-state index contributed by atoms with van der Waals surface area (Å²) in [7, 11) is 0. The van der Waals surface area contributed by atoms with Crippen LogP contribution in [-0.4, -0.2) is 11.8 Å². The highest BCUT2D eigenvalue weighted by Crippen LogP contribution is 2.35. The summed E-state index contributed by atoms with van der Waals surface area (Å²) >= 11 is 0. The number of aryl methyl sites for hydroxylation is 1. The van der Waals surface area contributed by atoms with Gasteiger partial charge in [0.25, 0.3) is 0 Å². The fourth-order valence-electron chi connectivity index (χ4n) is 2.83. The third-order valence-corrected chi connectivity index (χ3v) is 4.32. The lowest BCUT2D eigenvalue weighted by Crippen LogP contribution is -2.10. The third kappa shape index (κ3) is 3.42. The van der Waals surface area contributed by atoms with Gasteiger partial charge in [0.05, 0.1) is 11.1 Å². The molecule has 0 spiro atoms. The van der Waals surface area contributed by atoms with Crippen LogP contribution in [0.4, 0.5) is 4.39 Å². The van der Waals surface area contributed by atoms with Gasteiger partial charge < -0.3 is 9.47 Å². The van der Waals surface area contributed by atoms with Gasteiger partial charge in [0.2, 0.25) is 5.78 Å². The Bertz CT molecular complexity index is 1110. The summed E-state index contributed by atoms with van der Waals surface area (Å²) in [5.41, 5.74) is 2.17. The van der Waals surface area contributed by atoms with Crippen LogP contribution in [0, 0.1) is 12.7 Å². The molecule has 5 heteroatoms. The number of hydrogen-bond acceptors (Lipinski definition) is 4. The van der Waals surface area contributed by atoms with E-state index < -0.39 is 11.8 Å². The van der Waals surface area contributed by atoms with Crippen molar-refractivity contribution in [3.63, 3.8) is 0 Å². The molecule has 1 heterocycles. The minimum atomic E-state index is -0.821. The number of Topliss-reactive ketones (excluding diaryl/α,β-unsaturated/α-hetero) is 1. The van der Waals surface area contributed by atoms with Crippen LogP contribution < -0.4 is 9.47 Å². The average Bonchev–Trinajstić information content (AvgIpc) is 2.99. The number of fused-ring (bicyclic) bond motifs is 1. The molecule has 0 unspecified atom stereocenters. The molecule has 28 heavy (non-hydrogen) atoms. The molecule has 0 aliphatic carbocycles. The number of rotatable bonds is 3. The number of benzene rings is 3. The molecule has 0 radical (unpaired) electrons. The van der Waals surface area contributed by atoms with E-state index in [2.05, 4.69) is 0 Å². The molecule has 4 rings (SSSR count). The summed E-state index contributed by atoms with van der Waals surface area (Å²) in [5.74, 6) is -1.08. The minimum Gasteiger partial charge on any atom is -0.452 e. The van der Waals surface area contributed by atoms with Gasteiger partial charge in [-0.2, -0.15) is 0 Å². The Morgan fingerprint density at radius 1 is 1.04 bits per heavy atom. The van der Waals surface area contributed by atoms with Gasteiger partial charge in [-0.1, -0.05) is 42.0 Å². The predicted octanol–water partition coefficient (Wildman–Crippen LogP) is 4.97. The Hall–Kier alpha value is -3.73. The third-order valence-electron chi connectivity index (χ3n) is 4.32. The van der Waals surface area contributed by atoms with Gasteiger partial charge in [0, 0.05) is 6.07 Å². The van der Waals surface area contributed by atoms with Crippen LogP contribution in [0.3, 0.4) is 0 Å². The first-order chi connectivity index (χ1) is 13.5. The van der Waals surface area contributed by atoms with Crippen LogP contribution in [0.25, 0.3) is 6.08 Å². The van der Waals surface area contributed by atoms with Crippen LogP contribution in [0.5, 0.6) is 11.5 Å². The van der Waals surface area contributed by atoms with E-state index in [9.17, 15) is 14.0 Å². The van der Waals surface area contributed by atoms with Crippen molar-refractivity contribution >= 4 is 17.8 Å². The molecule has 0 bridgehead atoms. The van der Waals surface area contributed by atoms with Crippen molar-refractivity contribution in [3.05, 3.63) is 101 Å². The second-order valence-corrected chi connectivity index (χ2v) is 6.38. The molecule has 0 fully saturated rings. The van der Waals surface area contributed by atoms with Crippen molar-refractivity contribution in [2.45, 2.75) is 6.92 Å². The largest absolute Gasteiger partial charge is 0.452 e. The smallest absolute Gasteiger partial charge is 0.346 e. The van der Waals surface area contributed by atoms with E-state index in [4.69, 9.17) is 9.47 Å². The van der Waals surface area contributed by atoms with E-state index in [0.29, 0.717) is 11.3 Å². The molecule has 0 amide bonds. The number of allylic oxidation sites excluding steroid dienone is 1. The van der Waals surface area contributed by atoms with E-state index in [0.717, 1.165) is 11.1 Å². The number of carbonyl (C=O) groups excluding carboxylic acids is 2. The van der Waals surface area contributed by atoms with E-state index in [1.54, 1.807) is 12.1 Å². The highest BCUT2D eigenvalue weighted by Gasteiger charge is 2.28. The number of esters is 1. The van der Waals surface area contributed by atoms with Crippen LogP contribution >= 0.6 is 0 Å². The minimum absolute atomic E-state index is 0.163. The maximum absolute atomic E-state index is 13.7. The lowest BCUT2D eigenvalue weighted by molar-refractivity contribution is 0.0729. The topological polar surface area (TPSA) is 52.6 Å². The van der Waals surface area contributed by atoms with Gasteiger partial charge in [-0.15, -0.1) is 0 Å². The summed E-state index contributed by atoms with van der Waals surface area (Å²) in [5, 5.41) is 0. The zero-order valence-corrected chi connectivity index (χ0v) is 14.9. The first-order valence-corrected chi connectivity index (χ1v) is 8.63. The zero-order valence-electron chi connectivity index (χ0n) is 14.9. The van der Waals surface area contributed by atoms with Gasteiger partial charge in [-0.25, -0.2) is 9.18 Å². The second kappa shape index (κ2) is 7.12. The number of hydrogen-bond donors (Lipinski definition) is 0. The Kier molecular flexibility index (Phi) is 4.49. The molecule has 0 atom stereocenters. The van der Waals surface area contributed by atoms with Gasteiger partial charge in [0.1, 0.15) is 17.3 Å². The first kappa shape index (κ1) is 17.7. The molecule has 4 nitrogen and oxygen atoms in total. The number of halogens is 1. The monoisotopic (exact) mass is 374 g/mol. The van der Waals surface area contributed by atoms with E-state index >= 15 is 0 Å². The molecule has 0 saturated carbocycles. The van der Waals surface area contributed by atoms with Gasteiger partial charge in [0.15, 0.2) is 5.76 Å². The Morgan fingerprint density at radius 2 is 1.79 bits per heavy atom. The van der Waals surface area contributed by atoms with E-state index in [1.165, 1.54) is 36.4 Å². The van der Waals surface area contributed by atoms with Crippen LogP contribution in [-0.2, 0) is 0 Å². The SMILES string of the molecule is Cc1ccc(C=C2Oc3cc(OC(=O)c4ccccc4F)ccc3C2=O)cc1. The summed E-state index contributed by atoms with van der Waals surface area (Å²) in [6.07, 6.45) is 1.66. The Labute approximate surface area is 160 Å². The summed E-state index contributed by atoms with van der Waals surface area (Å²) in [6.45, 7) is 1.98. The Morgan fingerprint density at radius 3 is 2.54 bits per heavy atom. The van der Waals surface area contributed by atoms with Crippen LogP contribution in [0.1, 0.15) is 31.8 Å². The van der Waals surface area contributed by atoms with Gasteiger partial charge in [-0.3, -0.25) is 4.79 Å². The first-order valence-electron chi connectivity index (χ1n) is 8.63. The molecule has 1 aliphatic rings. The van der Waals surface area contributed by atoms with Crippen molar-refractivity contribution in [3.8, 4) is 11.5 Å². The quantitative estimate of drug-likeness (QED) is 0.369. The molecule has 3 aromatic carbocycles. The number of ketones is 1. The second-order valence-electron chi connectivity index (χ2n) is 6.38. The molecule has 0 aromatic heterocycles. The van der Waals surface area contributed by atoms with E-state index in [-0.39, 0.29) is 22.9 Å². The molecule has 3 aromatic rings. The average molecular weight is 374 g/mol. The molecule has 138 valence electrons. The molecular weight excluding hydrogens is 359 g/mol. The summed E-state index contributed by atoms with van der Waals surface area (Å²) in [4.78, 5) is 24.7. The fourth-order valence-corrected chi connectivity index (χ4v) is 2.83. The fraction of sp³-hybridized carbons (Fsp3) is 0.0435. The highest BCUT2D eigenvalue weighted by atomic mass is 19.1. The normalized spacial score (nSPS) is 13.9. The highest BCUT2D eigenvalue weighted by molar-refractivity contribution is 6.14. The number of carbonyl (C=O) groups is 2.